The Morgan fingerprint density at radius 3 is 3.17 bits per heavy atom. The van der Waals surface area contributed by atoms with E-state index in [1.807, 2.05) is 25.1 Å². The predicted molar refractivity (Wildman–Crippen MR) is 105 cm³/mol. The molecule has 0 saturated carbocycles. The SMILES string of the molecule is C=CCNC(=NCCc1ccco1)N1CCC(COCC)C1.I. The second-order valence-electron chi connectivity index (χ2n) is 5.46. The number of furan rings is 1. The van der Waals surface area contributed by atoms with Crippen molar-refractivity contribution in [3.63, 3.8) is 0 Å². The smallest absolute Gasteiger partial charge is 0.194 e. The lowest BCUT2D eigenvalue weighted by atomic mass is 10.1. The van der Waals surface area contributed by atoms with Gasteiger partial charge in [0.15, 0.2) is 5.96 Å². The number of hydrogen-bond donors (Lipinski definition) is 1. The van der Waals surface area contributed by atoms with Crippen molar-refractivity contribution in [1.29, 1.82) is 0 Å². The van der Waals surface area contributed by atoms with Gasteiger partial charge in [-0.3, -0.25) is 4.99 Å². The fraction of sp³-hybridized carbons (Fsp3) is 0.588. The summed E-state index contributed by atoms with van der Waals surface area (Å²) < 4.78 is 10.9. The van der Waals surface area contributed by atoms with Gasteiger partial charge in [-0.1, -0.05) is 6.08 Å². The second-order valence-corrected chi connectivity index (χ2v) is 5.46. The third kappa shape index (κ3) is 6.95. The molecule has 1 aromatic heterocycles. The van der Waals surface area contributed by atoms with Gasteiger partial charge in [-0.15, -0.1) is 30.6 Å². The van der Waals surface area contributed by atoms with Crippen LogP contribution in [0.3, 0.4) is 0 Å². The summed E-state index contributed by atoms with van der Waals surface area (Å²) in [6, 6.07) is 3.90. The van der Waals surface area contributed by atoms with E-state index < -0.39 is 0 Å². The summed E-state index contributed by atoms with van der Waals surface area (Å²) in [5.74, 6) is 2.54. The van der Waals surface area contributed by atoms with Crippen LogP contribution in [0.5, 0.6) is 0 Å². The van der Waals surface area contributed by atoms with Crippen LogP contribution in [0.25, 0.3) is 0 Å². The van der Waals surface area contributed by atoms with Crippen LogP contribution in [0.4, 0.5) is 0 Å². The topological polar surface area (TPSA) is 50.0 Å². The molecule has 0 aliphatic carbocycles. The Labute approximate surface area is 156 Å². The first-order valence-electron chi connectivity index (χ1n) is 8.07. The van der Waals surface area contributed by atoms with Crippen molar-refractivity contribution in [2.75, 3.05) is 39.4 Å². The first-order chi connectivity index (χ1) is 10.8. The van der Waals surface area contributed by atoms with Gasteiger partial charge in [-0.2, -0.15) is 0 Å². The van der Waals surface area contributed by atoms with E-state index in [-0.39, 0.29) is 24.0 Å². The lowest BCUT2D eigenvalue weighted by Gasteiger charge is -2.21. The van der Waals surface area contributed by atoms with E-state index in [1.165, 1.54) is 0 Å². The number of nitrogens with zero attached hydrogens (tertiary/aromatic N) is 2. The summed E-state index contributed by atoms with van der Waals surface area (Å²) in [6.45, 7) is 10.9. The summed E-state index contributed by atoms with van der Waals surface area (Å²) in [4.78, 5) is 7.03. The summed E-state index contributed by atoms with van der Waals surface area (Å²) >= 11 is 0. The average Bonchev–Trinajstić information content (AvgIpc) is 3.20. The monoisotopic (exact) mass is 433 g/mol. The van der Waals surface area contributed by atoms with Crippen LogP contribution in [0, 0.1) is 5.92 Å². The Kier molecular flexibility index (Phi) is 10.0. The number of likely N-dealkylation sites (tertiary alicyclic amines) is 1. The molecule has 1 fully saturated rings. The van der Waals surface area contributed by atoms with Gasteiger partial charge in [0.1, 0.15) is 5.76 Å². The van der Waals surface area contributed by atoms with Crippen molar-refractivity contribution in [2.45, 2.75) is 19.8 Å². The minimum Gasteiger partial charge on any atom is -0.469 e. The normalized spacial score (nSPS) is 17.9. The Bertz CT molecular complexity index is 462. The van der Waals surface area contributed by atoms with Gasteiger partial charge in [0.2, 0.25) is 0 Å². The van der Waals surface area contributed by atoms with E-state index in [0.29, 0.717) is 5.92 Å². The van der Waals surface area contributed by atoms with E-state index in [0.717, 1.165) is 64.0 Å². The van der Waals surface area contributed by atoms with E-state index >= 15 is 0 Å². The van der Waals surface area contributed by atoms with Crippen LogP contribution in [-0.2, 0) is 11.2 Å². The van der Waals surface area contributed by atoms with Crippen molar-refractivity contribution in [3.8, 4) is 0 Å². The van der Waals surface area contributed by atoms with Crippen LogP contribution in [0.15, 0.2) is 40.5 Å². The van der Waals surface area contributed by atoms with Crippen LogP contribution < -0.4 is 5.32 Å². The van der Waals surface area contributed by atoms with E-state index in [1.54, 1.807) is 6.26 Å². The van der Waals surface area contributed by atoms with Crippen LogP contribution in [0.1, 0.15) is 19.1 Å². The highest BCUT2D eigenvalue weighted by molar-refractivity contribution is 14.0. The molecule has 0 spiro atoms. The highest BCUT2D eigenvalue weighted by Crippen LogP contribution is 2.16. The minimum absolute atomic E-state index is 0. The van der Waals surface area contributed by atoms with Crippen molar-refractivity contribution < 1.29 is 9.15 Å². The van der Waals surface area contributed by atoms with Crippen molar-refractivity contribution in [1.82, 2.24) is 10.2 Å². The third-order valence-electron chi connectivity index (χ3n) is 3.75. The number of ether oxygens (including phenoxy) is 1. The quantitative estimate of drug-likeness (QED) is 0.297. The van der Waals surface area contributed by atoms with Gasteiger partial charge in [0.25, 0.3) is 0 Å². The fourth-order valence-corrected chi connectivity index (χ4v) is 2.60. The highest BCUT2D eigenvalue weighted by Gasteiger charge is 2.24. The van der Waals surface area contributed by atoms with E-state index in [9.17, 15) is 0 Å². The molecule has 0 amide bonds. The molecule has 1 aliphatic heterocycles. The molecular weight excluding hydrogens is 405 g/mol. The summed E-state index contributed by atoms with van der Waals surface area (Å²) in [5.41, 5.74) is 0. The lowest BCUT2D eigenvalue weighted by molar-refractivity contribution is 0.114. The summed E-state index contributed by atoms with van der Waals surface area (Å²) in [7, 11) is 0. The molecule has 1 unspecified atom stereocenters. The Hall–Kier alpha value is -1.02. The molecule has 2 heterocycles. The standard InChI is InChI=1S/C17H27N3O2.HI/c1-3-9-18-17(19-10-7-16-6-5-12-22-16)20-11-8-15(13-20)14-21-4-2;/h3,5-6,12,15H,1,4,7-11,13-14H2,2H3,(H,18,19);1H. The maximum Gasteiger partial charge on any atom is 0.194 e. The molecule has 0 radical (unpaired) electrons. The van der Waals surface area contributed by atoms with Gasteiger partial charge in [-0.05, 0) is 25.5 Å². The highest BCUT2D eigenvalue weighted by atomic mass is 127. The summed E-state index contributed by atoms with van der Waals surface area (Å²) in [5, 5.41) is 3.35. The zero-order chi connectivity index (χ0) is 15.6. The number of hydrogen-bond acceptors (Lipinski definition) is 3. The lowest BCUT2D eigenvalue weighted by Crippen LogP contribution is -2.40. The zero-order valence-corrected chi connectivity index (χ0v) is 16.2. The van der Waals surface area contributed by atoms with E-state index in [4.69, 9.17) is 14.1 Å². The number of guanidine groups is 1. The van der Waals surface area contributed by atoms with Gasteiger partial charge >= 0.3 is 0 Å². The van der Waals surface area contributed by atoms with Gasteiger partial charge in [0, 0.05) is 45.1 Å². The van der Waals surface area contributed by atoms with Crippen molar-refractivity contribution >= 4 is 29.9 Å². The molecule has 6 heteroatoms. The van der Waals surface area contributed by atoms with Gasteiger partial charge in [0.05, 0.1) is 12.9 Å². The molecule has 1 saturated heterocycles. The molecule has 0 aromatic carbocycles. The molecule has 130 valence electrons. The number of halogens is 1. The van der Waals surface area contributed by atoms with Crippen molar-refractivity contribution in [3.05, 3.63) is 36.8 Å². The number of rotatable bonds is 8. The largest absolute Gasteiger partial charge is 0.469 e. The zero-order valence-electron chi connectivity index (χ0n) is 13.9. The minimum atomic E-state index is 0. The first kappa shape index (κ1) is 20.0. The Balaban J connectivity index is 0.00000264. The van der Waals surface area contributed by atoms with Gasteiger partial charge in [-0.25, -0.2) is 0 Å². The number of nitrogens with one attached hydrogen (secondary N) is 1. The molecule has 23 heavy (non-hydrogen) atoms. The molecular formula is C17H28IN3O2. The second kappa shape index (κ2) is 11.5. The fourth-order valence-electron chi connectivity index (χ4n) is 2.60. The first-order valence-corrected chi connectivity index (χ1v) is 8.07. The molecule has 1 aromatic rings. The van der Waals surface area contributed by atoms with Crippen LogP contribution in [0.2, 0.25) is 0 Å². The molecule has 1 aliphatic rings. The van der Waals surface area contributed by atoms with Gasteiger partial charge < -0.3 is 19.4 Å². The van der Waals surface area contributed by atoms with Crippen LogP contribution >= 0.6 is 24.0 Å². The van der Waals surface area contributed by atoms with Crippen molar-refractivity contribution in [2.24, 2.45) is 10.9 Å². The molecule has 1 atom stereocenters. The molecule has 2 rings (SSSR count). The molecule has 0 bridgehead atoms. The Morgan fingerprint density at radius 1 is 1.61 bits per heavy atom. The number of aliphatic imine (C=N–C) groups is 1. The predicted octanol–water partition coefficient (Wildman–Crippen LogP) is 2.93. The average molecular weight is 433 g/mol. The maximum absolute atomic E-state index is 5.54. The van der Waals surface area contributed by atoms with Crippen LogP contribution in [-0.4, -0.2) is 50.3 Å². The molecule has 1 N–H and O–H groups in total. The maximum atomic E-state index is 5.54. The summed E-state index contributed by atoms with van der Waals surface area (Å²) in [6.07, 6.45) is 5.54. The molecule has 5 nitrogen and oxygen atoms in total. The third-order valence-corrected chi connectivity index (χ3v) is 3.75. The Morgan fingerprint density at radius 2 is 2.48 bits per heavy atom. The van der Waals surface area contributed by atoms with E-state index in [2.05, 4.69) is 16.8 Å².